The number of benzene rings is 2. The summed E-state index contributed by atoms with van der Waals surface area (Å²) < 4.78 is 11.4. The number of aryl methyl sites for hydroxylation is 1. The van der Waals surface area contributed by atoms with Crippen LogP contribution in [0.4, 0.5) is 11.5 Å². The van der Waals surface area contributed by atoms with Crippen molar-refractivity contribution in [3.8, 4) is 5.75 Å². The predicted octanol–water partition coefficient (Wildman–Crippen LogP) is 4.63. The lowest BCUT2D eigenvalue weighted by Gasteiger charge is -2.08. The van der Waals surface area contributed by atoms with Crippen molar-refractivity contribution in [2.24, 2.45) is 4.99 Å². The quantitative estimate of drug-likeness (QED) is 0.556. The lowest BCUT2D eigenvalue weighted by molar-refractivity contribution is 0.102. The van der Waals surface area contributed by atoms with Crippen LogP contribution >= 0.6 is 0 Å². The zero-order valence-electron chi connectivity index (χ0n) is 16.0. The van der Waals surface area contributed by atoms with Crippen LogP contribution in [0.2, 0.25) is 0 Å². The molecular formula is C23H19N3O3. The van der Waals surface area contributed by atoms with Crippen molar-refractivity contribution in [2.75, 3.05) is 12.4 Å². The Kier molecular flexibility index (Phi) is 5.07. The molecule has 2 aromatic heterocycles. The number of pyridine rings is 1. The molecule has 0 saturated heterocycles. The number of hydrogen-bond acceptors (Lipinski definition) is 5. The molecule has 1 amide bonds. The van der Waals surface area contributed by atoms with Gasteiger partial charge in [0.05, 0.1) is 12.8 Å². The smallest absolute Gasteiger partial charge is 0.262 e. The van der Waals surface area contributed by atoms with Crippen molar-refractivity contribution in [1.29, 1.82) is 0 Å². The van der Waals surface area contributed by atoms with Gasteiger partial charge < -0.3 is 14.5 Å². The number of hydrogen-bond donors (Lipinski definition) is 1. The van der Waals surface area contributed by atoms with Gasteiger partial charge in [0, 0.05) is 11.6 Å². The molecule has 0 unspecified atom stereocenters. The summed E-state index contributed by atoms with van der Waals surface area (Å²) in [5.41, 5.74) is 2.77. The van der Waals surface area contributed by atoms with Gasteiger partial charge in [-0.3, -0.25) is 4.79 Å². The second-order valence-corrected chi connectivity index (χ2v) is 6.46. The number of aromatic nitrogens is 1. The van der Waals surface area contributed by atoms with Gasteiger partial charge in [-0.15, -0.1) is 0 Å². The summed E-state index contributed by atoms with van der Waals surface area (Å²) in [7, 11) is 1.57. The number of carbonyl (C=O) groups excluding carboxylic acids is 1. The topological polar surface area (TPSA) is 76.7 Å². The molecule has 0 spiro atoms. The average Bonchev–Trinajstić information content (AvgIpc) is 2.73. The first-order valence-corrected chi connectivity index (χ1v) is 9.09. The molecule has 6 heteroatoms. The van der Waals surface area contributed by atoms with Crippen LogP contribution in [0, 0.1) is 6.92 Å². The Balaban J connectivity index is 1.90. The van der Waals surface area contributed by atoms with Crippen molar-refractivity contribution < 1.29 is 13.9 Å². The summed E-state index contributed by atoms with van der Waals surface area (Å²) in [6, 6.07) is 20.2. The standard InChI is InChI=1S/C23H19N3O3/c1-15-7-5-9-17(13-15)25-23-18(22(27)26-20-11-3-4-12-24-20)14-16-8-6-10-19(28-2)21(16)29-23/h3-14H,1-2H3,(H,24,26,27). The summed E-state index contributed by atoms with van der Waals surface area (Å²) >= 11 is 0. The van der Waals surface area contributed by atoms with Crippen molar-refractivity contribution in [3.05, 3.63) is 89.6 Å². The second kappa shape index (κ2) is 7.98. The predicted molar refractivity (Wildman–Crippen MR) is 111 cm³/mol. The van der Waals surface area contributed by atoms with Crippen LogP contribution in [0.1, 0.15) is 15.9 Å². The van der Waals surface area contributed by atoms with E-state index in [0.717, 1.165) is 10.9 Å². The first kappa shape index (κ1) is 18.4. The monoisotopic (exact) mass is 385 g/mol. The van der Waals surface area contributed by atoms with Crippen molar-refractivity contribution >= 4 is 28.4 Å². The summed E-state index contributed by atoms with van der Waals surface area (Å²) in [5.74, 6) is 0.660. The highest BCUT2D eigenvalue weighted by atomic mass is 16.5. The third kappa shape index (κ3) is 4.01. The Morgan fingerprint density at radius 2 is 1.93 bits per heavy atom. The van der Waals surface area contributed by atoms with E-state index in [4.69, 9.17) is 9.15 Å². The molecule has 0 radical (unpaired) electrons. The minimum atomic E-state index is -0.358. The molecule has 6 nitrogen and oxygen atoms in total. The third-order valence-electron chi connectivity index (χ3n) is 4.34. The number of nitrogens with one attached hydrogen (secondary N) is 1. The normalized spacial score (nSPS) is 11.4. The number of carbonyl (C=O) groups is 1. The maximum absolute atomic E-state index is 13.0. The summed E-state index contributed by atoms with van der Waals surface area (Å²) in [6.07, 6.45) is 1.61. The number of anilines is 1. The van der Waals surface area contributed by atoms with E-state index in [-0.39, 0.29) is 11.5 Å². The van der Waals surface area contributed by atoms with E-state index < -0.39 is 0 Å². The second-order valence-electron chi connectivity index (χ2n) is 6.46. The lowest BCUT2D eigenvalue weighted by Crippen LogP contribution is -2.22. The number of para-hydroxylation sites is 1. The Labute approximate surface area is 167 Å². The first-order chi connectivity index (χ1) is 14.1. The van der Waals surface area contributed by atoms with Crippen LogP contribution in [0.15, 0.2) is 82.3 Å². The number of rotatable bonds is 4. The van der Waals surface area contributed by atoms with Gasteiger partial charge in [0.1, 0.15) is 11.4 Å². The minimum absolute atomic E-state index is 0.195. The van der Waals surface area contributed by atoms with E-state index in [1.807, 2.05) is 43.3 Å². The highest BCUT2D eigenvalue weighted by Gasteiger charge is 2.15. The Morgan fingerprint density at radius 3 is 2.69 bits per heavy atom. The molecule has 0 saturated carbocycles. The molecule has 29 heavy (non-hydrogen) atoms. The van der Waals surface area contributed by atoms with Crippen molar-refractivity contribution in [3.63, 3.8) is 0 Å². The molecule has 2 heterocycles. The highest BCUT2D eigenvalue weighted by molar-refractivity contribution is 6.05. The van der Waals surface area contributed by atoms with Crippen LogP contribution in [0.5, 0.6) is 5.75 Å². The Morgan fingerprint density at radius 1 is 1.07 bits per heavy atom. The number of nitrogens with zero attached hydrogens (tertiary/aromatic N) is 2. The molecule has 1 N–H and O–H groups in total. The molecule has 0 atom stereocenters. The Hall–Kier alpha value is -3.93. The van der Waals surface area contributed by atoms with Crippen molar-refractivity contribution in [1.82, 2.24) is 4.98 Å². The third-order valence-corrected chi connectivity index (χ3v) is 4.34. The average molecular weight is 385 g/mol. The lowest BCUT2D eigenvalue weighted by atomic mass is 10.1. The van der Waals surface area contributed by atoms with E-state index in [9.17, 15) is 4.79 Å². The van der Waals surface area contributed by atoms with Crippen molar-refractivity contribution in [2.45, 2.75) is 6.92 Å². The molecule has 0 aliphatic heterocycles. The summed E-state index contributed by atoms with van der Waals surface area (Å²) in [4.78, 5) is 21.7. The van der Waals surface area contributed by atoms with E-state index >= 15 is 0 Å². The van der Waals surface area contributed by atoms with Gasteiger partial charge in [-0.2, -0.15) is 0 Å². The number of amides is 1. The van der Waals surface area contributed by atoms with Gasteiger partial charge in [0.15, 0.2) is 11.3 Å². The molecule has 0 aliphatic rings. The minimum Gasteiger partial charge on any atom is -0.493 e. The van der Waals surface area contributed by atoms with Crippen LogP contribution in [0.3, 0.4) is 0 Å². The van der Waals surface area contributed by atoms with Crippen LogP contribution in [0.25, 0.3) is 11.0 Å². The fourth-order valence-corrected chi connectivity index (χ4v) is 2.97. The fraction of sp³-hybridized carbons (Fsp3) is 0.0870. The van der Waals surface area contributed by atoms with E-state index in [1.54, 1.807) is 43.6 Å². The summed E-state index contributed by atoms with van der Waals surface area (Å²) in [5, 5.41) is 3.52. The number of fused-ring (bicyclic) bond motifs is 1. The van der Waals surface area contributed by atoms with E-state index in [1.165, 1.54) is 0 Å². The molecule has 4 rings (SSSR count). The molecule has 0 fully saturated rings. The van der Waals surface area contributed by atoms with E-state index in [0.29, 0.717) is 28.4 Å². The van der Waals surface area contributed by atoms with Gasteiger partial charge in [0.25, 0.3) is 5.91 Å². The van der Waals surface area contributed by atoms with Gasteiger partial charge in [-0.05, 0) is 48.9 Å². The van der Waals surface area contributed by atoms with Crippen LogP contribution in [-0.2, 0) is 0 Å². The maximum Gasteiger partial charge on any atom is 0.262 e. The van der Waals surface area contributed by atoms with Crippen LogP contribution in [-0.4, -0.2) is 18.0 Å². The maximum atomic E-state index is 13.0. The Bertz CT molecular complexity index is 1250. The number of methoxy groups -OCH3 is 1. The molecule has 0 aliphatic carbocycles. The summed E-state index contributed by atoms with van der Waals surface area (Å²) in [6.45, 7) is 1.98. The molecule has 0 bridgehead atoms. The number of ether oxygens (including phenoxy) is 1. The molecule has 4 aromatic rings. The van der Waals surface area contributed by atoms with Gasteiger partial charge >= 0.3 is 0 Å². The van der Waals surface area contributed by atoms with Gasteiger partial charge in [0.2, 0.25) is 5.55 Å². The highest BCUT2D eigenvalue weighted by Crippen LogP contribution is 2.25. The van der Waals surface area contributed by atoms with Gasteiger partial charge in [-0.25, -0.2) is 9.98 Å². The molecule has 2 aromatic carbocycles. The van der Waals surface area contributed by atoms with E-state index in [2.05, 4.69) is 15.3 Å². The fourth-order valence-electron chi connectivity index (χ4n) is 2.97. The van der Waals surface area contributed by atoms with Crippen LogP contribution < -0.4 is 15.6 Å². The molecular weight excluding hydrogens is 366 g/mol. The first-order valence-electron chi connectivity index (χ1n) is 9.09. The SMILES string of the molecule is COc1cccc2cc(C(=O)Nc3ccccn3)c(=Nc3cccc(C)c3)oc12. The zero-order chi connectivity index (χ0) is 20.2. The van der Waals surface area contributed by atoms with Gasteiger partial charge in [-0.1, -0.05) is 30.3 Å². The zero-order valence-corrected chi connectivity index (χ0v) is 16.0. The largest absolute Gasteiger partial charge is 0.493 e. The molecule has 144 valence electrons.